The fraction of sp³-hybridized carbons (Fsp3) is 0.160. The molecule has 0 spiro atoms. The van der Waals surface area contributed by atoms with Crippen molar-refractivity contribution in [1.29, 1.82) is 0 Å². The molecule has 0 saturated carbocycles. The lowest BCUT2D eigenvalue weighted by Crippen LogP contribution is -2.68. The summed E-state index contributed by atoms with van der Waals surface area (Å²) in [6.07, 6.45) is 0. The molecule has 0 saturated heterocycles. The minimum Gasteiger partial charge on any atom is -0.333 e. The highest BCUT2D eigenvalue weighted by atomic mass is 35.7. The second-order valence-electron chi connectivity index (χ2n) is 8.49. The van der Waals surface area contributed by atoms with Crippen LogP contribution in [0.15, 0.2) is 101 Å². The Morgan fingerprint density at radius 1 is 0.722 bits per heavy atom. The van der Waals surface area contributed by atoms with E-state index in [-0.39, 0.29) is 10.5 Å². The van der Waals surface area contributed by atoms with Gasteiger partial charge in [-0.05, 0) is 57.2 Å². The van der Waals surface area contributed by atoms with Crippen molar-refractivity contribution in [2.45, 2.75) is 26.3 Å². The standard InChI is InChI=1S/C25H25Cl2N2OP.ClHO4/c1-25(2,3)29-24(30)28-23(22(26)27)31(19-13-7-4-8-14-19,20-15-9-5-10-16-20)21-17-11-6-12-18-21;2-1(3,4)5/h4-18H,1-3H3,(H-,28,29,30);(H,2,3,4,5). The van der Waals surface area contributed by atoms with Crippen LogP contribution in [0.2, 0.25) is 0 Å². The molecule has 192 valence electrons. The number of rotatable bonds is 5. The average Bonchev–Trinajstić information content (AvgIpc) is 2.79. The second kappa shape index (κ2) is 12.9. The molecule has 0 fully saturated rings. The summed E-state index contributed by atoms with van der Waals surface area (Å²) in [7, 11) is -7.54. The molecule has 3 aromatic carbocycles. The molecule has 2 N–H and O–H groups in total. The SMILES string of the molecule is CC(C)(C)NC(=O)NC(=C(Cl)Cl)[P+](c1ccccc1)(c1ccccc1)c1ccccc1.[O-][Cl+3]([O-])([O-])[O-]. The third-order valence-electron chi connectivity index (χ3n) is 4.67. The number of nitrogens with one attached hydrogen (secondary N) is 2. The van der Waals surface area contributed by atoms with Crippen molar-refractivity contribution in [2.75, 3.05) is 0 Å². The van der Waals surface area contributed by atoms with Gasteiger partial charge in [0.2, 0.25) is 5.44 Å². The van der Waals surface area contributed by atoms with Gasteiger partial charge in [-0.1, -0.05) is 77.8 Å². The molecule has 7 nitrogen and oxygen atoms in total. The van der Waals surface area contributed by atoms with E-state index in [1.54, 1.807) is 0 Å². The molecule has 3 aromatic rings. The van der Waals surface area contributed by atoms with Crippen LogP contribution in [0.1, 0.15) is 20.8 Å². The van der Waals surface area contributed by atoms with Crippen LogP contribution >= 0.6 is 30.5 Å². The van der Waals surface area contributed by atoms with Gasteiger partial charge in [-0.15, -0.1) is 10.2 Å². The molecule has 0 heterocycles. The Morgan fingerprint density at radius 3 is 1.28 bits per heavy atom. The first-order chi connectivity index (χ1) is 16.7. The van der Waals surface area contributed by atoms with E-state index >= 15 is 0 Å². The van der Waals surface area contributed by atoms with E-state index in [1.165, 1.54) is 0 Å². The summed E-state index contributed by atoms with van der Waals surface area (Å²) in [6.45, 7) is 5.77. The van der Waals surface area contributed by atoms with Crippen molar-refractivity contribution in [3.63, 3.8) is 0 Å². The molecule has 0 aromatic heterocycles. The normalized spacial score (nSPS) is 11.6. The Bertz CT molecular complexity index is 1050. The minimum absolute atomic E-state index is 0.0361. The average molecular weight is 572 g/mol. The van der Waals surface area contributed by atoms with Crippen molar-refractivity contribution in [3.8, 4) is 0 Å². The van der Waals surface area contributed by atoms with E-state index < -0.39 is 23.0 Å². The van der Waals surface area contributed by atoms with Crippen molar-refractivity contribution >= 4 is 52.4 Å². The molecule has 0 aliphatic rings. The molecule has 0 unspecified atom stereocenters. The van der Waals surface area contributed by atoms with E-state index in [1.807, 2.05) is 75.4 Å². The zero-order chi connectivity index (χ0) is 27.0. The quantitative estimate of drug-likeness (QED) is 0.440. The smallest absolute Gasteiger partial charge is 0.322 e. The molecule has 0 aliphatic carbocycles. The Hall–Kier alpha value is -2.19. The van der Waals surface area contributed by atoms with Gasteiger partial charge < -0.3 is 5.32 Å². The Labute approximate surface area is 223 Å². The number of halogens is 3. The topological polar surface area (TPSA) is 133 Å². The summed E-state index contributed by atoms with van der Waals surface area (Å²) < 4.78 is 34.0. The molecule has 0 radical (unpaired) electrons. The molecule has 36 heavy (non-hydrogen) atoms. The van der Waals surface area contributed by atoms with E-state index in [0.717, 1.165) is 15.9 Å². The van der Waals surface area contributed by atoms with Crippen LogP contribution in [0.5, 0.6) is 0 Å². The van der Waals surface area contributed by atoms with Crippen molar-refractivity contribution < 1.29 is 33.7 Å². The van der Waals surface area contributed by atoms with E-state index in [0.29, 0.717) is 5.44 Å². The summed E-state index contributed by atoms with van der Waals surface area (Å²) >= 11 is 13.0. The van der Waals surface area contributed by atoms with Gasteiger partial charge in [0.05, 0.1) is 0 Å². The molecule has 11 heteroatoms. The lowest BCUT2D eigenvalue weighted by Gasteiger charge is -2.30. The van der Waals surface area contributed by atoms with Crippen LogP contribution < -0.4 is 45.2 Å². The van der Waals surface area contributed by atoms with Crippen molar-refractivity contribution in [1.82, 2.24) is 10.6 Å². The number of urea groups is 1. The predicted octanol–water partition coefficient (Wildman–Crippen LogP) is 0.926. The summed E-state index contributed by atoms with van der Waals surface area (Å²) in [4.78, 5) is 13.0. The van der Waals surface area contributed by atoms with Crippen LogP contribution in [0.3, 0.4) is 0 Å². The molecule has 2 amide bonds. The van der Waals surface area contributed by atoms with Gasteiger partial charge in [-0.3, -0.25) is 5.32 Å². The van der Waals surface area contributed by atoms with Crippen LogP contribution in [-0.4, -0.2) is 11.6 Å². The molecule has 0 atom stereocenters. The third-order valence-corrected chi connectivity index (χ3v) is 9.53. The number of amides is 2. The minimum atomic E-state index is -4.94. The lowest BCUT2D eigenvalue weighted by atomic mass is 10.1. The summed E-state index contributed by atoms with van der Waals surface area (Å²) in [5.41, 5.74) is 0.0857. The monoisotopic (exact) mass is 570 g/mol. The first-order valence-electron chi connectivity index (χ1n) is 10.6. The van der Waals surface area contributed by atoms with Gasteiger partial charge in [0.15, 0.2) is 11.8 Å². The third kappa shape index (κ3) is 8.73. The second-order valence-corrected chi connectivity index (χ2v) is 13.5. The van der Waals surface area contributed by atoms with Crippen LogP contribution in [0.25, 0.3) is 0 Å². The predicted molar refractivity (Wildman–Crippen MR) is 135 cm³/mol. The fourth-order valence-electron chi connectivity index (χ4n) is 3.53. The number of benzene rings is 3. The van der Waals surface area contributed by atoms with Crippen LogP contribution in [0, 0.1) is 10.2 Å². The van der Waals surface area contributed by atoms with Crippen LogP contribution in [0.4, 0.5) is 4.79 Å². The zero-order valence-corrected chi connectivity index (χ0v) is 22.9. The van der Waals surface area contributed by atoms with Crippen molar-refractivity contribution in [3.05, 3.63) is 101 Å². The van der Waals surface area contributed by atoms with Gasteiger partial charge >= 0.3 is 6.03 Å². The van der Waals surface area contributed by atoms with Crippen LogP contribution in [-0.2, 0) is 0 Å². The van der Waals surface area contributed by atoms with E-state index in [4.69, 9.17) is 41.8 Å². The Balaban J connectivity index is 0.000000830. The van der Waals surface area contributed by atoms with Gasteiger partial charge in [0.25, 0.3) is 0 Å². The molecule has 3 rings (SSSR count). The number of carbonyl (C=O) groups is 1. The highest BCUT2D eigenvalue weighted by Gasteiger charge is 2.52. The zero-order valence-electron chi connectivity index (χ0n) is 19.8. The Morgan fingerprint density at radius 2 is 1.03 bits per heavy atom. The maximum atomic E-state index is 13.0. The van der Waals surface area contributed by atoms with E-state index in [9.17, 15) is 4.79 Å². The molecular weight excluding hydrogens is 546 g/mol. The number of hydrogen-bond acceptors (Lipinski definition) is 5. The summed E-state index contributed by atoms with van der Waals surface area (Å²) in [6, 6.07) is 29.9. The molecular formula is C25H26Cl3N2O5P. The van der Waals surface area contributed by atoms with Gasteiger partial charge in [0, 0.05) is 5.54 Å². The number of carbonyl (C=O) groups excluding carboxylic acids is 1. The first-order valence-corrected chi connectivity index (χ1v) is 14.4. The molecule has 0 bridgehead atoms. The maximum absolute atomic E-state index is 13.0. The number of hydrogen-bond donors (Lipinski definition) is 2. The fourth-order valence-corrected chi connectivity index (χ4v) is 8.43. The lowest BCUT2D eigenvalue weighted by molar-refractivity contribution is -2.00. The van der Waals surface area contributed by atoms with Crippen molar-refractivity contribution in [2.24, 2.45) is 0 Å². The van der Waals surface area contributed by atoms with Gasteiger partial charge in [-0.25, -0.2) is 23.4 Å². The first kappa shape index (κ1) is 30.0. The maximum Gasteiger partial charge on any atom is 0.322 e. The largest absolute Gasteiger partial charge is 0.333 e. The summed E-state index contributed by atoms with van der Waals surface area (Å²) in [5.74, 6) is 0. The highest BCUT2D eigenvalue weighted by Crippen LogP contribution is 2.62. The summed E-state index contributed by atoms with van der Waals surface area (Å²) in [5, 5.41) is 9.09. The van der Waals surface area contributed by atoms with Gasteiger partial charge in [0.1, 0.15) is 15.9 Å². The molecule has 0 aliphatic heterocycles. The van der Waals surface area contributed by atoms with Gasteiger partial charge in [-0.2, -0.15) is 0 Å². The Kier molecular flexibility index (Phi) is 10.7. The highest BCUT2D eigenvalue weighted by molar-refractivity contribution is 7.99. The van der Waals surface area contributed by atoms with E-state index in [2.05, 4.69) is 47.0 Å².